The van der Waals surface area contributed by atoms with Gasteiger partial charge in [0.25, 0.3) is 0 Å². The van der Waals surface area contributed by atoms with Crippen molar-refractivity contribution in [2.75, 3.05) is 0 Å². The first-order chi connectivity index (χ1) is 19.9. The van der Waals surface area contributed by atoms with Crippen LogP contribution in [0.15, 0.2) is 97.1 Å². The van der Waals surface area contributed by atoms with Crippen molar-refractivity contribution in [2.45, 2.75) is 66.2 Å². The minimum Gasteiger partial charge on any atom is -0.309 e. The lowest BCUT2D eigenvalue weighted by atomic mass is 9.87. The van der Waals surface area contributed by atoms with Crippen molar-refractivity contribution in [1.29, 1.82) is 0 Å². The molecule has 0 radical (unpaired) electrons. The molecule has 0 N–H and O–H groups in total. The van der Waals surface area contributed by atoms with E-state index in [0.717, 1.165) is 0 Å². The number of aromatic nitrogens is 2. The summed E-state index contributed by atoms with van der Waals surface area (Å²) in [5.74, 6) is 0. The van der Waals surface area contributed by atoms with Crippen molar-refractivity contribution < 1.29 is 0 Å². The first kappa shape index (κ1) is 26.6. The Balaban J connectivity index is 1.57. The molecular formula is C40H40N2. The van der Waals surface area contributed by atoms with Gasteiger partial charge in [0.2, 0.25) is 0 Å². The maximum atomic E-state index is 2.46. The molecule has 0 amide bonds. The van der Waals surface area contributed by atoms with Crippen LogP contribution in [0.2, 0.25) is 0 Å². The molecule has 2 heteroatoms. The predicted molar refractivity (Wildman–Crippen MR) is 182 cm³/mol. The highest BCUT2D eigenvalue weighted by molar-refractivity contribution is 6.19. The van der Waals surface area contributed by atoms with Crippen LogP contribution in [0.5, 0.6) is 0 Å². The Morgan fingerprint density at radius 2 is 0.714 bits per heavy atom. The van der Waals surface area contributed by atoms with Crippen LogP contribution in [0.4, 0.5) is 0 Å². The van der Waals surface area contributed by atoms with E-state index in [4.69, 9.17) is 0 Å². The smallest absolute Gasteiger partial charge is 0.0548 e. The number of fused-ring (bicyclic) bond motifs is 6. The van der Waals surface area contributed by atoms with Gasteiger partial charge in [0.15, 0.2) is 0 Å². The average Bonchev–Trinajstić information content (AvgIpc) is 3.41. The molecule has 5 aromatic carbocycles. The molecule has 2 nitrogen and oxygen atoms in total. The normalized spacial score (nSPS) is 12.8. The number of hydrogen-bond acceptors (Lipinski definition) is 0. The van der Waals surface area contributed by atoms with Gasteiger partial charge >= 0.3 is 0 Å². The Kier molecular flexibility index (Phi) is 5.76. The van der Waals surface area contributed by atoms with Crippen LogP contribution in [0.3, 0.4) is 0 Å². The molecule has 0 aliphatic carbocycles. The number of aryl methyl sites for hydroxylation is 2. The molecule has 0 atom stereocenters. The van der Waals surface area contributed by atoms with Gasteiger partial charge in [0.1, 0.15) is 0 Å². The average molecular weight is 549 g/mol. The lowest BCUT2D eigenvalue weighted by Crippen LogP contribution is -2.10. The van der Waals surface area contributed by atoms with Gasteiger partial charge in [-0.2, -0.15) is 0 Å². The molecular weight excluding hydrogens is 508 g/mol. The zero-order chi connectivity index (χ0) is 29.6. The van der Waals surface area contributed by atoms with Crippen molar-refractivity contribution in [3.63, 3.8) is 0 Å². The zero-order valence-corrected chi connectivity index (χ0v) is 26.1. The Labute approximate surface area is 249 Å². The molecule has 7 aromatic rings. The lowest BCUT2D eigenvalue weighted by Gasteiger charge is -2.19. The third-order valence-corrected chi connectivity index (χ3v) is 8.95. The highest BCUT2D eigenvalue weighted by Crippen LogP contribution is 2.40. The van der Waals surface area contributed by atoms with Gasteiger partial charge in [0.05, 0.1) is 22.1 Å². The van der Waals surface area contributed by atoms with E-state index in [9.17, 15) is 0 Å². The fourth-order valence-electron chi connectivity index (χ4n) is 6.52. The van der Waals surface area contributed by atoms with Crippen LogP contribution in [0.1, 0.15) is 63.8 Å². The van der Waals surface area contributed by atoms with Crippen LogP contribution in [0.25, 0.3) is 55.0 Å². The molecule has 42 heavy (non-hydrogen) atoms. The summed E-state index contributed by atoms with van der Waals surface area (Å²) in [5, 5.41) is 5.14. The van der Waals surface area contributed by atoms with Gasteiger partial charge in [-0.1, -0.05) is 90.1 Å². The second-order valence-corrected chi connectivity index (χ2v) is 14.2. The number of rotatable bonds is 2. The highest BCUT2D eigenvalue weighted by Gasteiger charge is 2.20. The molecule has 0 fully saturated rings. The predicted octanol–water partition coefficient (Wildman–Crippen LogP) is 11.1. The Hall–Kier alpha value is -4.30. The number of nitrogens with zero attached hydrogens (tertiary/aromatic N) is 2. The Bertz CT molecular complexity index is 1980. The summed E-state index contributed by atoms with van der Waals surface area (Å²) >= 11 is 0. The summed E-state index contributed by atoms with van der Waals surface area (Å²) in [6.45, 7) is 18.0. The SMILES string of the molecule is Cc1ccc2c3cc4c(cc3n(-c3ccc(C(C)(C)C)cc3)c2c1)c1ccc(C)cc1n4-c1ccc(C(C)(C)C)cc1. The summed E-state index contributed by atoms with van der Waals surface area (Å²) < 4.78 is 4.91. The van der Waals surface area contributed by atoms with Crippen molar-refractivity contribution >= 4 is 43.6 Å². The minimum atomic E-state index is 0.118. The third-order valence-electron chi connectivity index (χ3n) is 8.95. The van der Waals surface area contributed by atoms with Crippen molar-refractivity contribution in [3.8, 4) is 11.4 Å². The third kappa shape index (κ3) is 4.16. The number of hydrogen-bond donors (Lipinski definition) is 0. The van der Waals surface area contributed by atoms with Gasteiger partial charge in [-0.05, 0) is 95.5 Å². The van der Waals surface area contributed by atoms with Crippen LogP contribution in [-0.2, 0) is 10.8 Å². The van der Waals surface area contributed by atoms with Gasteiger partial charge in [-0.3, -0.25) is 0 Å². The molecule has 2 heterocycles. The molecule has 0 bridgehead atoms. The van der Waals surface area contributed by atoms with E-state index in [1.54, 1.807) is 0 Å². The molecule has 0 saturated carbocycles. The molecule has 0 unspecified atom stereocenters. The standard InChI is InChI=1S/C40H40N2/c1-25-9-19-31-33-23-38-34(24-37(33)41(35(31)21-25)29-15-11-27(12-16-29)39(3,4)5)32-20-10-26(2)22-36(32)42(38)30-17-13-28(14-18-30)40(6,7)8/h9-24H,1-8H3. The largest absolute Gasteiger partial charge is 0.309 e. The Morgan fingerprint density at radius 3 is 1.05 bits per heavy atom. The molecule has 0 spiro atoms. The summed E-state index contributed by atoms with van der Waals surface area (Å²) in [6, 6.07) is 36.9. The van der Waals surface area contributed by atoms with E-state index >= 15 is 0 Å². The minimum absolute atomic E-state index is 0.118. The molecule has 2 aromatic heterocycles. The lowest BCUT2D eigenvalue weighted by molar-refractivity contribution is 0.590. The molecule has 0 aliphatic rings. The monoisotopic (exact) mass is 548 g/mol. The Morgan fingerprint density at radius 1 is 0.381 bits per heavy atom. The van der Waals surface area contributed by atoms with Crippen molar-refractivity contribution in [1.82, 2.24) is 9.13 Å². The summed E-state index contributed by atoms with van der Waals surface area (Å²) in [7, 11) is 0. The quantitative estimate of drug-likeness (QED) is 0.203. The molecule has 0 saturated heterocycles. The fourth-order valence-corrected chi connectivity index (χ4v) is 6.52. The number of benzene rings is 5. The van der Waals surface area contributed by atoms with E-state index < -0.39 is 0 Å². The summed E-state index contributed by atoms with van der Waals surface area (Å²) in [6.07, 6.45) is 0. The van der Waals surface area contributed by atoms with Crippen LogP contribution >= 0.6 is 0 Å². The maximum absolute atomic E-state index is 2.46. The van der Waals surface area contributed by atoms with Crippen LogP contribution in [0, 0.1) is 13.8 Å². The van der Waals surface area contributed by atoms with Gasteiger partial charge in [-0.15, -0.1) is 0 Å². The second kappa shape index (κ2) is 9.10. The summed E-state index contributed by atoms with van der Waals surface area (Å²) in [4.78, 5) is 0. The molecule has 0 aliphatic heterocycles. The zero-order valence-electron chi connectivity index (χ0n) is 26.1. The van der Waals surface area contributed by atoms with E-state index in [2.05, 4.69) is 162 Å². The van der Waals surface area contributed by atoms with Crippen molar-refractivity contribution in [2.24, 2.45) is 0 Å². The molecule has 7 rings (SSSR count). The first-order valence-electron chi connectivity index (χ1n) is 15.1. The van der Waals surface area contributed by atoms with E-state index in [1.807, 2.05) is 0 Å². The molecule has 210 valence electrons. The highest BCUT2D eigenvalue weighted by atomic mass is 15.0. The first-order valence-corrected chi connectivity index (χ1v) is 15.1. The van der Waals surface area contributed by atoms with E-state index in [1.165, 1.54) is 77.2 Å². The van der Waals surface area contributed by atoms with Crippen LogP contribution in [-0.4, -0.2) is 9.13 Å². The van der Waals surface area contributed by atoms with Gasteiger partial charge < -0.3 is 9.13 Å². The van der Waals surface area contributed by atoms with Crippen molar-refractivity contribution in [3.05, 3.63) is 119 Å². The van der Waals surface area contributed by atoms with Gasteiger partial charge in [-0.25, -0.2) is 0 Å². The summed E-state index contributed by atoms with van der Waals surface area (Å²) in [5.41, 5.74) is 12.9. The fraction of sp³-hybridized carbons (Fsp3) is 0.250. The second-order valence-electron chi connectivity index (χ2n) is 14.2. The van der Waals surface area contributed by atoms with Crippen LogP contribution < -0.4 is 0 Å². The topological polar surface area (TPSA) is 9.86 Å². The van der Waals surface area contributed by atoms with E-state index in [0.29, 0.717) is 0 Å². The maximum Gasteiger partial charge on any atom is 0.0548 e. The van der Waals surface area contributed by atoms with E-state index in [-0.39, 0.29) is 10.8 Å². The van der Waals surface area contributed by atoms with Gasteiger partial charge in [0, 0.05) is 32.9 Å².